The summed E-state index contributed by atoms with van der Waals surface area (Å²) in [6.45, 7) is 0.329. The Hall–Kier alpha value is -3.45. The summed E-state index contributed by atoms with van der Waals surface area (Å²) in [6.07, 6.45) is 3.62. The number of aromatic nitrogens is 2. The summed E-state index contributed by atoms with van der Waals surface area (Å²) in [5.74, 6) is -2.18. The highest BCUT2D eigenvalue weighted by atomic mass is 32.2. The number of anilines is 1. The first-order chi connectivity index (χ1) is 14.9. The predicted molar refractivity (Wildman–Crippen MR) is 111 cm³/mol. The van der Waals surface area contributed by atoms with Crippen molar-refractivity contribution < 1.29 is 29.3 Å². The SMILES string of the molecule is Nc1nc(/C(=N\O)C(=O)NC2C(=O)N3C(C(=O)O)=C(C[n+]4ccccc4)CSC23)cs1. The summed E-state index contributed by atoms with van der Waals surface area (Å²) >= 11 is 2.42. The maximum Gasteiger partial charge on any atom is 0.352 e. The molecule has 1 fully saturated rings. The quantitative estimate of drug-likeness (QED) is 0.149. The third-order valence-electron chi connectivity index (χ3n) is 4.77. The number of nitrogens with zero attached hydrogens (tertiary/aromatic N) is 4. The van der Waals surface area contributed by atoms with E-state index in [1.807, 2.05) is 35.2 Å². The minimum atomic E-state index is -1.20. The molecule has 13 heteroatoms. The number of amides is 2. The number of fused-ring (bicyclic) bond motifs is 1. The number of pyridine rings is 1. The zero-order chi connectivity index (χ0) is 22.1. The van der Waals surface area contributed by atoms with E-state index in [4.69, 9.17) is 5.73 Å². The summed E-state index contributed by atoms with van der Waals surface area (Å²) in [5.41, 5.74) is 5.77. The molecule has 160 valence electrons. The Morgan fingerprint density at radius 2 is 2.10 bits per heavy atom. The highest BCUT2D eigenvalue weighted by Gasteiger charge is 2.54. The molecule has 1 saturated heterocycles. The van der Waals surface area contributed by atoms with E-state index in [1.54, 1.807) is 0 Å². The predicted octanol–water partition coefficient (Wildman–Crippen LogP) is -0.370. The molecule has 2 atom stereocenters. The monoisotopic (exact) mass is 461 g/mol. The molecular formula is C18H17N6O5S2+. The van der Waals surface area contributed by atoms with Crippen molar-refractivity contribution in [3.05, 3.63) is 52.9 Å². The fourth-order valence-electron chi connectivity index (χ4n) is 3.38. The van der Waals surface area contributed by atoms with Gasteiger partial charge in [0.1, 0.15) is 22.8 Å². The number of hydrogen-bond acceptors (Lipinski definition) is 9. The third-order valence-corrected chi connectivity index (χ3v) is 6.78. The number of oxime groups is 1. The van der Waals surface area contributed by atoms with Crippen molar-refractivity contribution in [3.8, 4) is 0 Å². The van der Waals surface area contributed by atoms with Gasteiger partial charge in [0, 0.05) is 28.8 Å². The van der Waals surface area contributed by atoms with E-state index in [0.29, 0.717) is 17.9 Å². The highest BCUT2D eigenvalue weighted by molar-refractivity contribution is 8.00. The van der Waals surface area contributed by atoms with E-state index in [-0.39, 0.29) is 22.2 Å². The topological polar surface area (TPSA) is 162 Å². The molecule has 0 spiro atoms. The summed E-state index contributed by atoms with van der Waals surface area (Å²) in [6, 6.07) is 4.56. The molecule has 2 aliphatic rings. The van der Waals surface area contributed by atoms with Crippen molar-refractivity contribution in [1.29, 1.82) is 0 Å². The normalized spacial score (nSPS) is 20.8. The Kier molecular flexibility index (Phi) is 5.61. The average Bonchev–Trinajstić information content (AvgIpc) is 3.18. The van der Waals surface area contributed by atoms with E-state index in [0.717, 1.165) is 11.3 Å². The van der Waals surface area contributed by atoms with Crippen molar-refractivity contribution in [2.24, 2.45) is 5.16 Å². The van der Waals surface area contributed by atoms with Gasteiger partial charge < -0.3 is 21.4 Å². The number of nitrogens with two attached hydrogens (primary N) is 1. The maximum absolute atomic E-state index is 12.8. The lowest BCUT2D eigenvalue weighted by molar-refractivity contribution is -0.689. The molecule has 2 aromatic rings. The summed E-state index contributed by atoms with van der Waals surface area (Å²) < 4.78 is 1.83. The number of nitrogen functional groups attached to an aromatic ring is 1. The Morgan fingerprint density at radius 1 is 1.35 bits per heavy atom. The van der Waals surface area contributed by atoms with Crippen LogP contribution in [0.2, 0.25) is 0 Å². The van der Waals surface area contributed by atoms with Gasteiger partial charge >= 0.3 is 5.97 Å². The second-order valence-corrected chi connectivity index (χ2v) is 8.68. The zero-order valence-corrected chi connectivity index (χ0v) is 17.5. The van der Waals surface area contributed by atoms with Gasteiger partial charge in [-0.2, -0.15) is 0 Å². The van der Waals surface area contributed by atoms with Gasteiger partial charge in [0.25, 0.3) is 11.8 Å². The van der Waals surface area contributed by atoms with Crippen molar-refractivity contribution in [3.63, 3.8) is 0 Å². The zero-order valence-electron chi connectivity index (χ0n) is 15.8. The number of carboxylic acids is 1. The van der Waals surface area contributed by atoms with Crippen LogP contribution in [0.25, 0.3) is 0 Å². The largest absolute Gasteiger partial charge is 0.477 e. The number of thioether (sulfide) groups is 1. The molecule has 11 nitrogen and oxygen atoms in total. The first-order valence-corrected chi connectivity index (χ1v) is 10.9. The number of hydrogen-bond donors (Lipinski definition) is 4. The van der Waals surface area contributed by atoms with Crippen molar-refractivity contribution >= 4 is 51.7 Å². The number of rotatable bonds is 6. The van der Waals surface area contributed by atoms with Gasteiger partial charge in [-0.15, -0.1) is 23.1 Å². The van der Waals surface area contributed by atoms with Crippen molar-refractivity contribution in [1.82, 2.24) is 15.2 Å². The number of carboxylic acid groups (broad SMARTS) is 1. The van der Waals surface area contributed by atoms with Crippen LogP contribution in [0, 0.1) is 0 Å². The molecule has 2 unspecified atom stereocenters. The number of β-lactam (4-membered cyclic amide) rings is 1. The van der Waals surface area contributed by atoms with E-state index < -0.39 is 29.2 Å². The fourth-order valence-corrected chi connectivity index (χ4v) is 5.27. The molecule has 4 rings (SSSR count). The molecule has 0 bridgehead atoms. The van der Waals surface area contributed by atoms with Gasteiger partial charge in [-0.3, -0.25) is 14.5 Å². The second-order valence-electron chi connectivity index (χ2n) is 6.69. The van der Waals surface area contributed by atoms with Crippen LogP contribution in [0.4, 0.5) is 5.13 Å². The average molecular weight is 462 g/mol. The Morgan fingerprint density at radius 3 is 2.71 bits per heavy atom. The molecule has 2 aliphatic heterocycles. The summed E-state index contributed by atoms with van der Waals surface area (Å²) in [4.78, 5) is 42.3. The molecule has 0 aromatic carbocycles. The summed E-state index contributed by atoms with van der Waals surface area (Å²) in [7, 11) is 0. The molecule has 5 N–H and O–H groups in total. The van der Waals surface area contributed by atoms with Crippen LogP contribution in [0.5, 0.6) is 0 Å². The van der Waals surface area contributed by atoms with Gasteiger partial charge in [0.2, 0.25) is 0 Å². The van der Waals surface area contributed by atoms with Gasteiger partial charge in [-0.05, 0) is 0 Å². The first kappa shape index (κ1) is 20.8. The molecule has 4 heterocycles. The Balaban J connectivity index is 1.52. The van der Waals surface area contributed by atoms with Crippen LogP contribution < -0.4 is 15.6 Å². The minimum Gasteiger partial charge on any atom is -0.477 e. The van der Waals surface area contributed by atoms with Gasteiger partial charge in [0.15, 0.2) is 29.8 Å². The number of carbonyl (C=O) groups excluding carboxylic acids is 2. The molecule has 2 amide bonds. The number of carbonyl (C=O) groups is 3. The van der Waals surface area contributed by atoms with Crippen LogP contribution >= 0.6 is 23.1 Å². The van der Waals surface area contributed by atoms with Crippen LogP contribution in [0.3, 0.4) is 0 Å². The second kappa shape index (κ2) is 8.35. The van der Waals surface area contributed by atoms with E-state index in [2.05, 4.69) is 15.5 Å². The van der Waals surface area contributed by atoms with E-state index in [1.165, 1.54) is 22.0 Å². The molecule has 0 aliphatic carbocycles. The maximum atomic E-state index is 12.8. The third kappa shape index (κ3) is 3.84. The standard InChI is InChI=1S/C18H16N6O5S2/c19-18-20-10(8-31-18)11(22-29)14(25)21-12-15(26)24-13(17(27)28)9(7-30-16(12)24)6-23-4-2-1-3-5-23/h1-5,8,12,16H,6-7H2,(H4-,19,20,21,25,27,28,29)/p+1. The van der Waals surface area contributed by atoms with Gasteiger partial charge in [0.05, 0.1) is 0 Å². The van der Waals surface area contributed by atoms with Gasteiger partial charge in [-0.25, -0.2) is 14.3 Å². The van der Waals surface area contributed by atoms with Gasteiger partial charge in [-0.1, -0.05) is 11.2 Å². The fraction of sp³-hybridized carbons (Fsp3) is 0.222. The Labute approximate surface area is 183 Å². The molecule has 0 radical (unpaired) electrons. The van der Waals surface area contributed by atoms with Crippen LogP contribution in [0.15, 0.2) is 52.4 Å². The van der Waals surface area contributed by atoms with Crippen LogP contribution in [-0.4, -0.2) is 60.9 Å². The Bertz CT molecular complexity index is 1120. The molecule has 31 heavy (non-hydrogen) atoms. The molecular weight excluding hydrogens is 444 g/mol. The molecule has 2 aromatic heterocycles. The van der Waals surface area contributed by atoms with Crippen molar-refractivity contribution in [2.45, 2.75) is 18.0 Å². The van der Waals surface area contributed by atoms with Crippen LogP contribution in [0.1, 0.15) is 5.69 Å². The lowest BCUT2D eigenvalue weighted by Gasteiger charge is -2.49. The number of nitrogens with one attached hydrogen (secondary N) is 1. The number of thiazole rings is 1. The lowest BCUT2D eigenvalue weighted by atomic mass is 10.0. The van der Waals surface area contributed by atoms with E-state index in [9.17, 15) is 24.7 Å². The lowest BCUT2D eigenvalue weighted by Crippen LogP contribution is -2.71. The van der Waals surface area contributed by atoms with E-state index >= 15 is 0 Å². The molecule has 0 saturated carbocycles. The van der Waals surface area contributed by atoms with Crippen LogP contribution in [-0.2, 0) is 20.9 Å². The first-order valence-electron chi connectivity index (χ1n) is 8.99. The smallest absolute Gasteiger partial charge is 0.352 e. The number of aliphatic carboxylic acids is 1. The minimum absolute atomic E-state index is 0.0704. The van der Waals surface area contributed by atoms with Crippen molar-refractivity contribution in [2.75, 3.05) is 11.5 Å². The highest BCUT2D eigenvalue weighted by Crippen LogP contribution is 2.40. The summed E-state index contributed by atoms with van der Waals surface area (Å²) in [5, 5.41) is 25.5.